The van der Waals surface area contributed by atoms with E-state index in [0.717, 1.165) is 6.54 Å². The third-order valence-electron chi connectivity index (χ3n) is 1.23. The molecule has 0 radical (unpaired) electrons. The van der Waals surface area contributed by atoms with E-state index in [1.807, 2.05) is 6.92 Å². The number of rotatable bonds is 0. The summed E-state index contributed by atoms with van der Waals surface area (Å²) in [6.07, 6.45) is -0.312. The molecule has 0 saturated carbocycles. The Labute approximate surface area is 53.7 Å². The Balaban J connectivity index is 2.23. The van der Waals surface area contributed by atoms with E-state index in [1.165, 1.54) is 12.1 Å². The van der Waals surface area contributed by atoms with Gasteiger partial charge in [-0.3, -0.25) is 0 Å². The van der Waals surface area contributed by atoms with Crippen LogP contribution in [0.5, 0.6) is 0 Å². The van der Waals surface area contributed by atoms with E-state index in [0.29, 0.717) is 6.04 Å². The van der Waals surface area contributed by atoms with Crippen molar-refractivity contribution in [3.63, 3.8) is 0 Å². The average Bonchev–Trinajstić information content (AvgIpc) is 1.79. The monoisotopic (exact) mass is 130 g/mol. The van der Waals surface area contributed by atoms with Crippen LogP contribution in [0.1, 0.15) is 6.92 Å². The second kappa shape index (κ2) is 2.23. The van der Waals surface area contributed by atoms with Crippen molar-refractivity contribution in [1.29, 1.82) is 0 Å². The standard InChI is InChI=1S/C5H10N2O2/c1-4-3-7(6-4)5(8)9-2/h4,6H,3H2,1-2H3. The van der Waals surface area contributed by atoms with E-state index < -0.39 is 0 Å². The van der Waals surface area contributed by atoms with Gasteiger partial charge in [-0.15, -0.1) is 0 Å². The lowest BCUT2D eigenvalue weighted by atomic mass is 10.3. The molecule has 1 amide bonds. The van der Waals surface area contributed by atoms with Crippen LogP contribution in [0.3, 0.4) is 0 Å². The molecule has 52 valence electrons. The van der Waals surface area contributed by atoms with E-state index in [4.69, 9.17) is 0 Å². The number of methoxy groups -OCH3 is 1. The number of ether oxygens (including phenoxy) is 1. The minimum Gasteiger partial charge on any atom is -0.452 e. The summed E-state index contributed by atoms with van der Waals surface area (Å²) in [5.41, 5.74) is 2.85. The molecular formula is C5H10N2O2. The van der Waals surface area contributed by atoms with Gasteiger partial charge in [-0.1, -0.05) is 0 Å². The van der Waals surface area contributed by atoms with Crippen molar-refractivity contribution in [1.82, 2.24) is 10.4 Å². The Morgan fingerprint density at radius 2 is 2.44 bits per heavy atom. The Kier molecular flexibility index (Phi) is 1.57. The highest BCUT2D eigenvalue weighted by molar-refractivity contribution is 5.67. The van der Waals surface area contributed by atoms with Crippen molar-refractivity contribution in [2.75, 3.05) is 13.7 Å². The maximum Gasteiger partial charge on any atom is 0.424 e. The van der Waals surface area contributed by atoms with Crippen LogP contribution >= 0.6 is 0 Å². The normalized spacial score (nSPS) is 25.1. The summed E-state index contributed by atoms with van der Waals surface area (Å²) < 4.78 is 4.43. The first-order valence-electron chi connectivity index (χ1n) is 2.85. The predicted octanol–water partition coefficient (Wildman–Crippen LogP) is -0.0385. The smallest absolute Gasteiger partial charge is 0.424 e. The van der Waals surface area contributed by atoms with Crippen molar-refractivity contribution in [2.24, 2.45) is 0 Å². The van der Waals surface area contributed by atoms with Crippen molar-refractivity contribution >= 4 is 6.09 Å². The maximum absolute atomic E-state index is 10.6. The molecule has 0 aromatic heterocycles. The number of hydrazine groups is 1. The first kappa shape index (κ1) is 6.35. The van der Waals surface area contributed by atoms with E-state index in [9.17, 15) is 4.79 Å². The lowest BCUT2D eigenvalue weighted by Crippen LogP contribution is -2.62. The quantitative estimate of drug-likeness (QED) is 0.500. The topological polar surface area (TPSA) is 41.6 Å². The molecule has 1 aliphatic heterocycles. The summed E-state index contributed by atoms with van der Waals surface area (Å²) in [6.45, 7) is 2.74. The summed E-state index contributed by atoms with van der Waals surface area (Å²) in [6, 6.07) is 0.407. The number of hydrogen-bond donors (Lipinski definition) is 1. The SMILES string of the molecule is COC(=O)N1CC(C)N1. The highest BCUT2D eigenvalue weighted by atomic mass is 16.5. The lowest BCUT2D eigenvalue weighted by Gasteiger charge is -2.36. The molecule has 0 aromatic rings. The molecule has 0 bridgehead atoms. The van der Waals surface area contributed by atoms with E-state index in [2.05, 4.69) is 10.2 Å². The molecule has 0 aliphatic carbocycles. The van der Waals surface area contributed by atoms with Crippen LogP contribution in [-0.2, 0) is 4.74 Å². The van der Waals surface area contributed by atoms with Gasteiger partial charge in [0, 0.05) is 6.04 Å². The van der Waals surface area contributed by atoms with Crippen molar-refractivity contribution in [3.8, 4) is 0 Å². The van der Waals surface area contributed by atoms with Crippen LogP contribution in [0.25, 0.3) is 0 Å². The van der Waals surface area contributed by atoms with Gasteiger partial charge in [0.1, 0.15) is 0 Å². The summed E-state index contributed by atoms with van der Waals surface area (Å²) in [4.78, 5) is 10.6. The third kappa shape index (κ3) is 1.13. The van der Waals surface area contributed by atoms with Gasteiger partial charge in [0.15, 0.2) is 0 Å². The molecule has 1 saturated heterocycles. The minimum atomic E-state index is -0.312. The fourth-order valence-electron chi connectivity index (χ4n) is 0.758. The first-order valence-corrected chi connectivity index (χ1v) is 2.85. The molecule has 1 N–H and O–H groups in total. The Bertz CT molecular complexity index is 120. The van der Waals surface area contributed by atoms with E-state index in [-0.39, 0.29) is 6.09 Å². The number of carbonyl (C=O) groups excluding carboxylic acids is 1. The Morgan fingerprint density at radius 1 is 1.89 bits per heavy atom. The van der Waals surface area contributed by atoms with E-state index in [1.54, 1.807) is 0 Å². The van der Waals surface area contributed by atoms with Gasteiger partial charge in [-0.2, -0.15) is 0 Å². The molecule has 1 fully saturated rings. The summed E-state index contributed by atoms with van der Waals surface area (Å²) in [5.74, 6) is 0. The molecule has 4 heteroatoms. The average molecular weight is 130 g/mol. The fourth-order valence-corrected chi connectivity index (χ4v) is 0.758. The zero-order chi connectivity index (χ0) is 6.85. The zero-order valence-electron chi connectivity index (χ0n) is 5.55. The predicted molar refractivity (Wildman–Crippen MR) is 31.7 cm³/mol. The van der Waals surface area contributed by atoms with Gasteiger partial charge >= 0.3 is 6.09 Å². The van der Waals surface area contributed by atoms with Crippen molar-refractivity contribution in [3.05, 3.63) is 0 Å². The zero-order valence-corrected chi connectivity index (χ0v) is 5.55. The molecule has 0 aromatic carbocycles. The van der Waals surface area contributed by atoms with Gasteiger partial charge in [-0.05, 0) is 6.92 Å². The van der Waals surface area contributed by atoms with Crippen LogP contribution in [0, 0.1) is 0 Å². The largest absolute Gasteiger partial charge is 0.452 e. The molecule has 1 heterocycles. The highest BCUT2D eigenvalue weighted by Gasteiger charge is 2.26. The molecular weight excluding hydrogens is 120 g/mol. The van der Waals surface area contributed by atoms with Crippen LogP contribution in [0.4, 0.5) is 4.79 Å². The summed E-state index contributed by atoms with van der Waals surface area (Å²) in [5, 5.41) is 1.44. The van der Waals surface area contributed by atoms with Gasteiger partial charge in [0.25, 0.3) is 0 Å². The van der Waals surface area contributed by atoms with Crippen molar-refractivity contribution in [2.45, 2.75) is 13.0 Å². The van der Waals surface area contributed by atoms with Gasteiger partial charge < -0.3 is 4.74 Å². The molecule has 1 rings (SSSR count). The summed E-state index contributed by atoms with van der Waals surface area (Å²) in [7, 11) is 1.37. The minimum absolute atomic E-state index is 0.312. The van der Waals surface area contributed by atoms with Crippen molar-refractivity contribution < 1.29 is 9.53 Å². The molecule has 1 unspecified atom stereocenters. The second-order valence-corrected chi connectivity index (χ2v) is 2.11. The summed E-state index contributed by atoms with van der Waals surface area (Å²) >= 11 is 0. The van der Waals surface area contributed by atoms with Crippen LogP contribution < -0.4 is 5.43 Å². The van der Waals surface area contributed by atoms with E-state index >= 15 is 0 Å². The van der Waals surface area contributed by atoms with Gasteiger partial charge in [0.05, 0.1) is 13.7 Å². The van der Waals surface area contributed by atoms with Crippen LogP contribution in [0.15, 0.2) is 0 Å². The lowest BCUT2D eigenvalue weighted by molar-refractivity contribution is 0.0388. The number of nitrogens with zero attached hydrogens (tertiary/aromatic N) is 1. The highest BCUT2D eigenvalue weighted by Crippen LogP contribution is 2.02. The number of amides is 1. The number of carbonyl (C=O) groups is 1. The number of nitrogens with one attached hydrogen (secondary N) is 1. The Morgan fingerprint density at radius 3 is 2.78 bits per heavy atom. The molecule has 4 nitrogen and oxygen atoms in total. The van der Waals surface area contributed by atoms with Gasteiger partial charge in [-0.25, -0.2) is 15.2 Å². The molecule has 9 heavy (non-hydrogen) atoms. The molecule has 1 atom stereocenters. The Hall–Kier alpha value is -0.770. The maximum atomic E-state index is 10.6. The first-order chi connectivity index (χ1) is 4.24. The fraction of sp³-hybridized carbons (Fsp3) is 0.800. The van der Waals surface area contributed by atoms with Crippen LogP contribution in [-0.4, -0.2) is 30.8 Å². The molecule has 0 spiro atoms. The second-order valence-electron chi connectivity index (χ2n) is 2.11. The molecule has 1 aliphatic rings. The van der Waals surface area contributed by atoms with Crippen LogP contribution in [0.2, 0.25) is 0 Å². The third-order valence-corrected chi connectivity index (χ3v) is 1.23. The van der Waals surface area contributed by atoms with Gasteiger partial charge in [0.2, 0.25) is 0 Å². The number of hydrogen-bond acceptors (Lipinski definition) is 3.